The summed E-state index contributed by atoms with van der Waals surface area (Å²) in [6, 6.07) is 0. The molecule has 4 aliphatic rings. The second kappa shape index (κ2) is 8.58. The lowest BCUT2D eigenvalue weighted by atomic mass is 9.44. The van der Waals surface area contributed by atoms with Crippen LogP contribution in [0, 0.1) is 45.3 Å². The standard InChI is InChI=1S/C31H48O4/c1-18(2)19(3)9-10-20(27(34)35)26-23(32)17-31(8)22-11-12-24-28(4,5)25(33)14-15-29(24,6)21(22)13-16-30(26,31)7/h11,13,18,20,23-26,32-33H,3,9-10,12,14-17H2,1-2,4-8H3,(H,34,35)/t20-,23-,24+,25-,26+,29-,30-,31+/m0/s1. The number of hydrogen-bond acceptors (Lipinski definition) is 3. The molecule has 0 aromatic rings. The molecule has 0 bridgehead atoms. The molecule has 35 heavy (non-hydrogen) atoms. The van der Waals surface area contributed by atoms with Crippen molar-refractivity contribution >= 4 is 5.97 Å². The van der Waals surface area contributed by atoms with Crippen molar-refractivity contribution < 1.29 is 20.1 Å². The van der Waals surface area contributed by atoms with E-state index < -0.39 is 18.0 Å². The van der Waals surface area contributed by atoms with E-state index in [0.29, 0.717) is 31.1 Å². The molecule has 8 atom stereocenters. The molecular weight excluding hydrogens is 436 g/mol. The van der Waals surface area contributed by atoms with Gasteiger partial charge in [-0.25, -0.2) is 0 Å². The number of aliphatic carboxylic acids is 1. The highest BCUT2D eigenvalue weighted by atomic mass is 16.4. The van der Waals surface area contributed by atoms with Gasteiger partial charge < -0.3 is 15.3 Å². The summed E-state index contributed by atoms with van der Waals surface area (Å²) in [5.74, 6) is -0.966. The fourth-order valence-electron chi connectivity index (χ4n) is 8.90. The summed E-state index contributed by atoms with van der Waals surface area (Å²) in [6.07, 6.45) is 9.19. The minimum Gasteiger partial charge on any atom is -0.481 e. The van der Waals surface area contributed by atoms with Gasteiger partial charge in [0, 0.05) is 11.3 Å². The summed E-state index contributed by atoms with van der Waals surface area (Å²) >= 11 is 0. The summed E-state index contributed by atoms with van der Waals surface area (Å²) < 4.78 is 0. The highest BCUT2D eigenvalue weighted by molar-refractivity contribution is 5.71. The van der Waals surface area contributed by atoms with E-state index in [-0.39, 0.29) is 33.7 Å². The van der Waals surface area contributed by atoms with Crippen LogP contribution in [0.2, 0.25) is 0 Å². The van der Waals surface area contributed by atoms with Crippen molar-refractivity contribution in [2.75, 3.05) is 0 Å². The van der Waals surface area contributed by atoms with Gasteiger partial charge in [-0.15, -0.1) is 0 Å². The Morgan fingerprint density at radius 1 is 1.11 bits per heavy atom. The van der Waals surface area contributed by atoms with Gasteiger partial charge in [0.2, 0.25) is 0 Å². The number of hydrogen-bond donors (Lipinski definition) is 3. The van der Waals surface area contributed by atoms with Crippen LogP contribution >= 0.6 is 0 Å². The lowest BCUT2D eigenvalue weighted by Gasteiger charge is -2.61. The second-order valence-corrected chi connectivity index (χ2v) is 13.9. The Morgan fingerprint density at radius 3 is 2.37 bits per heavy atom. The zero-order valence-corrected chi connectivity index (χ0v) is 23.0. The monoisotopic (exact) mass is 484 g/mol. The van der Waals surface area contributed by atoms with Crippen molar-refractivity contribution in [1.82, 2.24) is 0 Å². The highest BCUT2D eigenvalue weighted by Crippen LogP contribution is 2.71. The van der Waals surface area contributed by atoms with Crippen molar-refractivity contribution in [2.45, 2.75) is 106 Å². The Kier molecular flexibility index (Phi) is 6.54. The van der Waals surface area contributed by atoms with Crippen LogP contribution in [0.15, 0.2) is 35.5 Å². The molecule has 0 aliphatic heterocycles. The largest absolute Gasteiger partial charge is 0.481 e. The minimum absolute atomic E-state index is 0.00139. The van der Waals surface area contributed by atoms with Crippen LogP contribution in [0.3, 0.4) is 0 Å². The van der Waals surface area contributed by atoms with E-state index in [1.54, 1.807) is 0 Å². The van der Waals surface area contributed by atoms with Gasteiger partial charge in [-0.3, -0.25) is 4.79 Å². The number of rotatable bonds is 6. The SMILES string of the molecule is C=C(CC[C@H](C(=O)O)[C@@H]1[C@@H](O)C[C@]2(C)C3=CC[C@@H]4C(C)(C)[C@@H](O)CC[C@@]4(C)C3=CC[C@@]12C)C(C)C. The smallest absolute Gasteiger partial charge is 0.306 e. The fourth-order valence-corrected chi connectivity index (χ4v) is 8.90. The van der Waals surface area contributed by atoms with Crippen LogP contribution in [0.4, 0.5) is 0 Å². The molecule has 3 N–H and O–H groups in total. The number of fused-ring (bicyclic) bond motifs is 5. The molecule has 0 amide bonds. The predicted molar refractivity (Wildman–Crippen MR) is 141 cm³/mol. The molecule has 0 heterocycles. The maximum absolute atomic E-state index is 12.6. The molecule has 0 aromatic heterocycles. The number of carbonyl (C=O) groups is 1. The summed E-state index contributed by atoms with van der Waals surface area (Å²) in [4.78, 5) is 12.6. The van der Waals surface area contributed by atoms with E-state index in [4.69, 9.17) is 0 Å². The molecule has 4 heteroatoms. The van der Waals surface area contributed by atoms with E-state index >= 15 is 0 Å². The molecule has 4 aliphatic carbocycles. The van der Waals surface area contributed by atoms with Crippen LogP contribution in [0.25, 0.3) is 0 Å². The molecule has 0 unspecified atom stereocenters. The van der Waals surface area contributed by atoms with Crippen LogP contribution in [0.1, 0.15) is 93.4 Å². The Labute approximate surface area is 212 Å². The molecule has 0 spiro atoms. The van der Waals surface area contributed by atoms with E-state index in [0.717, 1.165) is 31.3 Å². The Bertz CT molecular complexity index is 957. The molecular formula is C31H48O4. The highest BCUT2D eigenvalue weighted by Gasteiger charge is 2.66. The second-order valence-electron chi connectivity index (χ2n) is 13.9. The van der Waals surface area contributed by atoms with Crippen molar-refractivity contribution in [2.24, 2.45) is 45.3 Å². The third kappa shape index (κ3) is 3.72. The van der Waals surface area contributed by atoms with Crippen molar-refractivity contribution in [3.8, 4) is 0 Å². The molecule has 2 saturated carbocycles. The maximum atomic E-state index is 12.6. The van der Waals surface area contributed by atoms with Crippen LogP contribution in [-0.2, 0) is 4.79 Å². The van der Waals surface area contributed by atoms with Gasteiger partial charge in [0.15, 0.2) is 0 Å². The molecule has 2 fully saturated rings. The Hall–Kier alpha value is -1.39. The van der Waals surface area contributed by atoms with Gasteiger partial charge in [0.25, 0.3) is 0 Å². The molecule has 4 nitrogen and oxygen atoms in total. The average molecular weight is 485 g/mol. The molecule has 0 aromatic carbocycles. The third-order valence-electron chi connectivity index (χ3n) is 11.6. The summed E-state index contributed by atoms with van der Waals surface area (Å²) in [5.41, 5.74) is 3.09. The Morgan fingerprint density at radius 2 is 1.77 bits per heavy atom. The van der Waals surface area contributed by atoms with E-state index in [9.17, 15) is 20.1 Å². The number of aliphatic hydroxyl groups is 2. The zero-order valence-electron chi connectivity index (χ0n) is 23.0. The average Bonchev–Trinajstić information content (AvgIpc) is 2.97. The quantitative estimate of drug-likeness (QED) is 0.374. The van der Waals surface area contributed by atoms with Crippen molar-refractivity contribution in [3.63, 3.8) is 0 Å². The number of carboxylic acids is 1. The summed E-state index contributed by atoms with van der Waals surface area (Å²) in [6.45, 7) is 19.7. The van der Waals surface area contributed by atoms with Crippen molar-refractivity contribution in [1.29, 1.82) is 0 Å². The van der Waals surface area contributed by atoms with Crippen molar-refractivity contribution in [3.05, 3.63) is 35.5 Å². The fraction of sp³-hybridized carbons (Fsp3) is 0.774. The first-order valence-electron chi connectivity index (χ1n) is 13.8. The van der Waals surface area contributed by atoms with E-state index in [1.807, 2.05) is 0 Å². The van der Waals surface area contributed by atoms with E-state index in [2.05, 4.69) is 67.2 Å². The first-order valence-corrected chi connectivity index (χ1v) is 13.8. The Balaban J connectivity index is 1.72. The molecule has 0 radical (unpaired) electrons. The van der Waals surface area contributed by atoms with Gasteiger partial charge in [0.05, 0.1) is 18.1 Å². The zero-order chi connectivity index (χ0) is 26.1. The number of aliphatic hydroxyl groups excluding tert-OH is 2. The van der Waals surface area contributed by atoms with Gasteiger partial charge >= 0.3 is 5.97 Å². The van der Waals surface area contributed by atoms with Crippen LogP contribution in [-0.4, -0.2) is 33.5 Å². The summed E-state index contributed by atoms with van der Waals surface area (Å²) in [7, 11) is 0. The molecule has 4 rings (SSSR count). The number of allylic oxidation sites excluding steroid dienone is 5. The molecule has 196 valence electrons. The minimum atomic E-state index is -0.793. The first kappa shape index (κ1) is 26.7. The van der Waals surface area contributed by atoms with Crippen LogP contribution in [0.5, 0.6) is 0 Å². The van der Waals surface area contributed by atoms with Gasteiger partial charge in [-0.05, 0) is 84.2 Å². The normalized spacial score (nSPS) is 42.9. The van der Waals surface area contributed by atoms with Gasteiger partial charge in [-0.2, -0.15) is 0 Å². The van der Waals surface area contributed by atoms with Gasteiger partial charge in [-0.1, -0.05) is 72.8 Å². The lowest BCUT2D eigenvalue weighted by Crippen LogP contribution is -2.54. The summed E-state index contributed by atoms with van der Waals surface area (Å²) in [5, 5.41) is 32.6. The molecule has 0 saturated heterocycles. The van der Waals surface area contributed by atoms with E-state index in [1.165, 1.54) is 11.1 Å². The maximum Gasteiger partial charge on any atom is 0.306 e. The number of carboxylic acid groups (broad SMARTS) is 1. The van der Waals surface area contributed by atoms with Gasteiger partial charge in [0.1, 0.15) is 0 Å². The van der Waals surface area contributed by atoms with Crippen LogP contribution < -0.4 is 0 Å². The third-order valence-corrected chi connectivity index (χ3v) is 11.6. The predicted octanol–water partition coefficient (Wildman–Crippen LogP) is 6.54. The topological polar surface area (TPSA) is 77.8 Å². The lowest BCUT2D eigenvalue weighted by molar-refractivity contribution is -0.148. The first-order chi connectivity index (χ1) is 16.1.